The third-order valence-corrected chi connectivity index (χ3v) is 4.48. The topological polar surface area (TPSA) is 57.8 Å². The molecule has 0 atom stereocenters. The molecule has 0 aliphatic carbocycles. The quantitative estimate of drug-likeness (QED) is 0.527. The van der Waals surface area contributed by atoms with Crippen LogP contribution in [0.15, 0.2) is 16.6 Å². The number of nitrogens with zero attached hydrogens (tertiary/aromatic N) is 4. The number of rotatable bonds is 4. The Morgan fingerprint density at radius 1 is 1.33 bits per heavy atom. The molecule has 21 heavy (non-hydrogen) atoms. The Morgan fingerprint density at radius 2 is 2.05 bits per heavy atom. The fourth-order valence-electron chi connectivity index (χ4n) is 2.40. The smallest absolute Gasteiger partial charge is 0.191 e. The van der Waals surface area contributed by atoms with Crippen LogP contribution in [0.1, 0.15) is 33.6 Å². The molecular weight excluding hydrogens is 282 g/mol. The SMILES string of the molecule is CC(C)(C)CCCN=C(N)N1CCN(c2nccs2)CC1. The summed E-state index contributed by atoms with van der Waals surface area (Å²) in [6.07, 6.45) is 4.14. The molecular formula is C15H27N5S. The molecule has 2 heterocycles. The lowest BCUT2D eigenvalue weighted by Crippen LogP contribution is -2.51. The van der Waals surface area contributed by atoms with Crippen LogP contribution in [0.4, 0.5) is 5.13 Å². The minimum Gasteiger partial charge on any atom is -0.370 e. The number of thiazole rings is 1. The highest BCUT2D eigenvalue weighted by atomic mass is 32.1. The zero-order valence-corrected chi connectivity index (χ0v) is 14.2. The van der Waals surface area contributed by atoms with Crippen molar-refractivity contribution in [3.8, 4) is 0 Å². The first-order valence-electron chi connectivity index (χ1n) is 7.65. The molecule has 1 saturated heterocycles. The number of anilines is 1. The summed E-state index contributed by atoms with van der Waals surface area (Å²) >= 11 is 1.69. The van der Waals surface area contributed by atoms with E-state index in [0.717, 1.165) is 44.3 Å². The summed E-state index contributed by atoms with van der Waals surface area (Å²) in [6.45, 7) is 11.4. The van der Waals surface area contributed by atoms with Crippen molar-refractivity contribution in [2.75, 3.05) is 37.6 Å². The van der Waals surface area contributed by atoms with E-state index in [2.05, 4.69) is 40.5 Å². The Labute approximate surface area is 131 Å². The molecule has 2 rings (SSSR count). The van der Waals surface area contributed by atoms with Gasteiger partial charge in [0.05, 0.1) is 0 Å². The van der Waals surface area contributed by atoms with Crippen LogP contribution in [0.3, 0.4) is 0 Å². The second-order valence-corrected chi connectivity index (χ2v) is 7.57. The summed E-state index contributed by atoms with van der Waals surface area (Å²) in [7, 11) is 0. The maximum Gasteiger partial charge on any atom is 0.191 e. The third kappa shape index (κ3) is 5.19. The second-order valence-electron chi connectivity index (χ2n) is 6.69. The molecule has 0 bridgehead atoms. The van der Waals surface area contributed by atoms with E-state index in [9.17, 15) is 0 Å². The summed E-state index contributed by atoms with van der Waals surface area (Å²) in [5, 5.41) is 3.13. The van der Waals surface area contributed by atoms with E-state index in [1.54, 1.807) is 11.3 Å². The van der Waals surface area contributed by atoms with E-state index in [-0.39, 0.29) is 0 Å². The Kier molecular flexibility index (Phi) is 5.45. The standard InChI is InChI=1S/C15H27N5S/c1-15(2,3)5-4-6-17-13(16)19-8-10-20(11-9-19)14-18-7-12-21-14/h7,12H,4-6,8-11H2,1-3H3,(H2,16,17). The minimum absolute atomic E-state index is 0.379. The maximum atomic E-state index is 6.11. The average molecular weight is 309 g/mol. The van der Waals surface area contributed by atoms with Gasteiger partial charge in [-0.3, -0.25) is 4.99 Å². The van der Waals surface area contributed by atoms with Crippen LogP contribution in [-0.2, 0) is 0 Å². The first-order chi connectivity index (χ1) is 9.96. The molecule has 6 heteroatoms. The zero-order valence-electron chi connectivity index (χ0n) is 13.4. The fraction of sp³-hybridized carbons (Fsp3) is 0.733. The predicted octanol–water partition coefficient (Wildman–Crippen LogP) is 2.41. The van der Waals surface area contributed by atoms with Crippen molar-refractivity contribution < 1.29 is 0 Å². The minimum atomic E-state index is 0.379. The van der Waals surface area contributed by atoms with Gasteiger partial charge >= 0.3 is 0 Å². The first kappa shape index (κ1) is 16.1. The Morgan fingerprint density at radius 3 is 2.62 bits per heavy atom. The van der Waals surface area contributed by atoms with Gasteiger partial charge in [-0.2, -0.15) is 0 Å². The number of nitrogens with two attached hydrogens (primary N) is 1. The highest BCUT2D eigenvalue weighted by Crippen LogP contribution is 2.20. The van der Waals surface area contributed by atoms with E-state index < -0.39 is 0 Å². The highest BCUT2D eigenvalue weighted by Gasteiger charge is 2.19. The van der Waals surface area contributed by atoms with Gasteiger partial charge in [-0.15, -0.1) is 11.3 Å². The molecule has 1 aromatic rings. The molecule has 5 nitrogen and oxygen atoms in total. The zero-order chi connectivity index (χ0) is 15.3. The van der Waals surface area contributed by atoms with Crippen LogP contribution < -0.4 is 10.6 Å². The number of aliphatic imine (C=N–C) groups is 1. The van der Waals surface area contributed by atoms with Gasteiger partial charge in [-0.05, 0) is 18.3 Å². The molecule has 1 aromatic heterocycles. The van der Waals surface area contributed by atoms with Crippen molar-refractivity contribution in [2.45, 2.75) is 33.6 Å². The van der Waals surface area contributed by atoms with Crippen LogP contribution in [-0.4, -0.2) is 48.6 Å². The lowest BCUT2D eigenvalue weighted by Gasteiger charge is -2.35. The third-order valence-electron chi connectivity index (χ3n) is 3.65. The molecule has 0 amide bonds. The molecule has 0 spiro atoms. The number of aromatic nitrogens is 1. The Balaban J connectivity index is 1.73. The maximum absolute atomic E-state index is 6.11. The Hall–Kier alpha value is -1.30. The Bertz CT molecular complexity index is 441. The molecule has 2 N–H and O–H groups in total. The van der Waals surface area contributed by atoms with Crippen molar-refractivity contribution in [1.29, 1.82) is 0 Å². The van der Waals surface area contributed by atoms with E-state index >= 15 is 0 Å². The molecule has 0 unspecified atom stereocenters. The van der Waals surface area contributed by atoms with Gasteiger partial charge in [0.25, 0.3) is 0 Å². The highest BCUT2D eigenvalue weighted by molar-refractivity contribution is 7.13. The van der Waals surface area contributed by atoms with Crippen molar-refractivity contribution >= 4 is 22.4 Å². The summed E-state index contributed by atoms with van der Waals surface area (Å²) in [4.78, 5) is 13.4. The van der Waals surface area contributed by atoms with E-state index in [1.165, 1.54) is 6.42 Å². The van der Waals surface area contributed by atoms with Gasteiger partial charge in [-0.25, -0.2) is 4.98 Å². The van der Waals surface area contributed by atoms with Gasteiger partial charge in [0, 0.05) is 44.3 Å². The van der Waals surface area contributed by atoms with Crippen molar-refractivity contribution in [3.05, 3.63) is 11.6 Å². The molecule has 0 aromatic carbocycles. The molecule has 1 fully saturated rings. The van der Waals surface area contributed by atoms with Gasteiger partial charge in [0.2, 0.25) is 0 Å². The molecule has 0 saturated carbocycles. The fourth-order valence-corrected chi connectivity index (χ4v) is 3.10. The van der Waals surface area contributed by atoms with Crippen molar-refractivity contribution in [1.82, 2.24) is 9.88 Å². The lowest BCUT2D eigenvalue weighted by molar-refractivity contribution is 0.364. The number of hydrogen-bond acceptors (Lipinski definition) is 4. The van der Waals surface area contributed by atoms with Crippen LogP contribution in [0.2, 0.25) is 0 Å². The van der Waals surface area contributed by atoms with E-state index in [1.807, 2.05) is 11.6 Å². The number of hydrogen-bond donors (Lipinski definition) is 1. The molecule has 118 valence electrons. The predicted molar refractivity (Wildman–Crippen MR) is 91.1 cm³/mol. The van der Waals surface area contributed by atoms with Gasteiger partial charge in [-0.1, -0.05) is 20.8 Å². The lowest BCUT2D eigenvalue weighted by atomic mass is 9.91. The second kappa shape index (κ2) is 7.11. The largest absolute Gasteiger partial charge is 0.370 e. The average Bonchev–Trinajstić information content (AvgIpc) is 2.96. The number of piperazine rings is 1. The van der Waals surface area contributed by atoms with Crippen LogP contribution in [0.5, 0.6) is 0 Å². The van der Waals surface area contributed by atoms with Crippen molar-refractivity contribution in [3.63, 3.8) is 0 Å². The van der Waals surface area contributed by atoms with Gasteiger partial charge < -0.3 is 15.5 Å². The first-order valence-corrected chi connectivity index (χ1v) is 8.53. The van der Waals surface area contributed by atoms with Crippen LogP contribution >= 0.6 is 11.3 Å². The van der Waals surface area contributed by atoms with E-state index in [0.29, 0.717) is 11.4 Å². The van der Waals surface area contributed by atoms with Crippen LogP contribution in [0.25, 0.3) is 0 Å². The summed E-state index contributed by atoms with van der Waals surface area (Å²) < 4.78 is 0. The molecule has 0 radical (unpaired) electrons. The normalized spacial score (nSPS) is 17.4. The van der Waals surface area contributed by atoms with Gasteiger partial charge in [0.15, 0.2) is 11.1 Å². The van der Waals surface area contributed by atoms with Gasteiger partial charge in [0.1, 0.15) is 0 Å². The molecule has 1 aliphatic rings. The molecule has 1 aliphatic heterocycles. The van der Waals surface area contributed by atoms with E-state index in [4.69, 9.17) is 5.73 Å². The van der Waals surface area contributed by atoms with Crippen LogP contribution in [0, 0.1) is 5.41 Å². The monoisotopic (exact) mass is 309 g/mol. The summed E-state index contributed by atoms with van der Waals surface area (Å²) in [6, 6.07) is 0. The number of guanidine groups is 1. The summed E-state index contributed by atoms with van der Waals surface area (Å²) in [5.74, 6) is 0.697. The summed E-state index contributed by atoms with van der Waals surface area (Å²) in [5.41, 5.74) is 6.49. The van der Waals surface area contributed by atoms with Crippen molar-refractivity contribution in [2.24, 2.45) is 16.1 Å².